The molecule has 1 amide bonds. The molecule has 98 valence electrons. The monoisotopic (exact) mass is 256 g/mol. The van der Waals surface area contributed by atoms with Crippen molar-refractivity contribution < 1.29 is 28.8 Å². The molecule has 0 fully saturated rings. The van der Waals surface area contributed by atoms with E-state index in [0.717, 1.165) is 0 Å². The summed E-state index contributed by atoms with van der Waals surface area (Å²) in [5, 5.41) is 2.59. The number of hydrogen-bond acceptors (Lipinski definition) is 6. The van der Waals surface area contributed by atoms with Crippen molar-refractivity contribution in [3.63, 3.8) is 0 Å². The van der Waals surface area contributed by atoms with Gasteiger partial charge in [0.2, 0.25) is 0 Å². The van der Waals surface area contributed by atoms with Gasteiger partial charge >= 0.3 is 0 Å². The third-order valence-electron chi connectivity index (χ3n) is 1.95. The van der Waals surface area contributed by atoms with Crippen LogP contribution in [0.3, 0.4) is 0 Å². The second-order valence-corrected chi connectivity index (χ2v) is 3.17. The van der Waals surface area contributed by atoms with Crippen molar-refractivity contribution in [1.29, 1.82) is 0 Å². The van der Waals surface area contributed by atoms with Crippen molar-refractivity contribution in [3.05, 3.63) is 30.1 Å². The number of nitrogens with two attached hydrogens (primary N) is 1. The molecular formula is C10H14N3O5+. The lowest BCUT2D eigenvalue weighted by atomic mass is 10.2. The Balaban J connectivity index is 2.48. The maximum Gasteiger partial charge on any atom is 0.297 e. The highest BCUT2D eigenvalue weighted by Crippen LogP contribution is 1.94. The first kappa shape index (κ1) is 14.0. The molecule has 18 heavy (non-hydrogen) atoms. The van der Waals surface area contributed by atoms with E-state index < -0.39 is 0 Å². The van der Waals surface area contributed by atoms with Crippen molar-refractivity contribution in [1.82, 2.24) is 5.32 Å². The fourth-order valence-corrected chi connectivity index (χ4v) is 1.21. The highest BCUT2D eigenvalue weighted by molar-refractivity contribution is 5.93. The van der Waals surface area contributed by atoms with E-state index in [0.29, 0.717) is 12.0 Å². The quantitative estimate of drug-likeness (QED) is 0.196. The van der Waals surface area contributed by atoms with Gasteiger partial charge < -0.3 is 10.1 Å². The Morgan fingerprint density at radius 2 is 2.39 bits per heavy atom. The molecule has 3 N–H and O–H groups in total. The molecule has 0 aliphatic heterocycles. The van der Waals surface area contributed by atoms with Gasteiger partial charge in [-0.3, -0.25) is 9.59 Å². The van der Waals surface area contributed by atoms with E-state index in [1.165, 1.54) is 0 Å². The molecule has 0 atom stereocenters. The van der Waals surface area contributed by atoms with Gasteiger partial charge in [-0.25, -0.2) is 4.89 Å². The smallest absolute Gasteiger partial charge is 0.297 e. The predicted molar refractivity (Wildman–Crippen MR) is 57.3 cm³/mol. The minimum Gasteiger partial charge on any atom is -0.407 e. The maximum atomic E-state index is 11.7. The molecule has 0 unspecified atom stereocenters. The Hall–Kier alpha value is -2.03. The number of pyridine rings is 1. The lowest BCUT2D eigenvalue weighted by Gasteiger charge is -2.03. The van der Waals surface area contributed by atoms with Crippen molar-refractivity contribution in [2.75, 3.05) is 13.2 Å². The molecule has 1 heterocycles. The van der Waals surface area contributed by atoms with E-state index in [1.807, 2.05) is 0 Å². The summed E-state index contributed by atoms with van der Waals surface area (Å²) in [5.41, 5.74) is 0.431. The van der Waals surface area contributed by atoms with E-state index in [2.05, 4.69) is 25.8 Å². The van der Waals surface area contributed by atoms with Gasteiger partial charge in [-0.2, -0.15) is 10.5 Å². The third kappa shape index (κ3) is 4.87. The van der Waals surface area contributed by atoms with Gasteiger partial charge in [0.25, 0.3) is 19.1 Å². The van der Waals surface area contributed by atoms with Crippen LogP contribution < -0.4 is 15.8 Å². The van der Waals surface area contributed by atoms with Crippen LogP contribution in [0.25, 0.3) is 0 Å². The molecule has 0 aromatic carbocycles. The average molecular weight is 256 g/mol. The molecule has 1 aromatic heterocycles. The predicted octanol–water partition coefficient (Wildman–Crippen LogP) is -1.34. The summed E-state index contributed by atoms with van der Waals surface area (Å²) >= 11 is 0. The summed E-state index contributed by atoms with van der Waals surface area (Å²) in [5.74, 6) is 4.36. The van der Waals surface area contributed by atoms with Crippen LogP contribution in [0.1, 0.15) is 10.4 Å². The standard InChI is InChI=1S/C10H13N3O5/c11-18-17-5-3-12-10(15)9-2-1-4-13(6-9)7-16-8-14/h1-2,4,6,8H,3,5,7,11H2/p+1. The topological polar surface area (TPSA) is 104 Å². The van der Waals surface area contributed by atoms with Gasteiger partial charge in [-0.05, 0) is 6.07 Å². The van der Waals surface area contributed by atoms with E-state index in [1.54, 1.807) is 29.1 Å². The third-order valence-corrected chi connectivity index (χ3v) is 1.95. The Kier molecular flexibility index (Phi) is 6.33. The van der Waals surface area contributed by atoms with Gasteiger partial charge in [-0.15, -0.1) is 4.99 Å². The number of carbonyl (C=O) groups is 2. The Morgan fingerprint density at radius 1 is 1.56 bits per heavy atom. The normalized spacial score (nSPS) is 9.83. The summed E-state index contributed by atoms with van der Waals surface area (Å²) in [6.07, 6.45) is 3.23. The summed E-state index contributed by atoms with van der Waals surface area (Å²) in [6.45, 7) is 0.789. The van der Waals surface area contributed by atoms with Crippen LogP contribution in [0.4, 0.5) is 0 Å². The zero-order valence-electron chi connectivity index (χ0n) is 9.57. The number of aromatic nitrogens is 1. The molecular weight excluding hydrogens is 242 g/mol. The molecule has 1 rings (SSSR count). The molecule has 0 spiro atoms. The van der Waals surface area contributed by atoms with E-state index in [4.69, 9.17) is 0 Å². The van der Waals surface area contributed by atoms with Crippen molar-refractivity contribution in [2.24, 2.45) is 5.90 Å². The van der Waals surface area contributed by atoms with Crippen LogP contribution in [-0.2, 0) is 26.1 Å². The Bertz CT molecular complexity index is 399. The highest BCUT2D eigenvalue weighted by Gasteiger charge is 2.10. The number of carbonyl (C=O) groups excluding carboxylic acids is 2. The number of hydrogen-bond donors (Lipinski definition) is 2. The first-order valence-electron chi connectivity index (χ1n) is 5.09. The fraction of sp³-hybridized carbons (Fsp3) is 0.300. The van der Waals surface area contributed by atoms with Crippen LogP contribution in [-0.4, -0.2) is 25.5 Å². The average Bonchev–Trinajstić information content (AvgIpc) is 2.41. The van der Waals surface area contributed by atoms with Crippen molar-refractivity contribution in [3.8, 4) is 0 Å². The van der Waals surface area contributed by atoms with E-state index in [9.17, 15) is 9.59 Å². The number of nitrogens with zero attached hydrogens (tertiary/aromatic N) is 1. The van der Waals surface area contributed by atoms with Gasteiger partial charge in [0, 0.05) is 12.6 Å². The first-order valence-corrected chi connectivity index (χ1v) is 5.09. The first-order chi connectivity index (χ1) is 8.77. The zero-order chi connectivity index (χ0) is 13.2. The zero-order valence-corrected chi connectivity index (χ0v) is 9.57. The summed E-state index contributed by atoms with van der Waals surface area (Å²) in [4.78, 5) is 30.0. The molecule has 0 aliphatic rings. The van der Waals surface area contributed by atoms with Crippen LogP contribution in [0.15, 0.2) is 24.5 Å². The molecule has 8 nitrogen and oxygen atoms in total. The molecule has 8 heteroatoms. The van der Waals surface area contributed by atoms with E-state index >= 15 is 0 Å². The second-order valence-electron chi connectivity index (χ2n) is 3.17. The summed E-state index contributed by atoms with van der Waals surface area (Å²) < 4.78 is 6.13. The van der Waals surface area contributed by atoms with Crippen LogP contribution in [0.2, 0.25) is 0 Å². The van der Waals surface area contributed by atoms with Crippen LogP contribution in [0.5, 0.6) is 0 Å². The van der Waals surface area contributed by atoms with Gasteiger partial charge in [0.15, 0.2) is 12.4 Å². The molecule has 0 aliphatic carbocycles. The maximum absolute atomic E-state index is 11.7. The minimum atomic E-state index is -0.281. The van der Waals surface area contributed by atoms with Crippen LogP contribution in [0, 0.1) is 0 Å². The molecule has 0 saturated heterocycles. The highest BCUT2D eigenvalue weighted by atomic mass is 17.3. The van der Waals surface area contributed by atoms with Crippen molar-refractivity contribution in [2.45, 2.75) is 6.73 Å². The summed E-state index contributed by atoms with van der Waals surface area (Å²) in [6, 6.07) is 3.30. The SMILES string of the molecule is NOOCCNC(=O)c1ccc[n+](COC=O)c1. The molecule has 0 bridgehead atoms. The molecule has 1 aromatic rings. The second kappa shape index (κ2) is 8.12. The lowest BCUT2D eigenvalue weighted by molar-refractivity contribution is -0.727. The number of amides is 1. The number of rotatable bonds is 8. The minimum absolute atomic E-state index is 0.0503. The number of nitrogens with one attached hydrogen (secondary N) is 1. The molecule has 0 radical (unpaired) electrons. The van der Waals surface area contributed by atoms with Crippen molar-refractivity contribution >= 4 is 12.4 Å². The largest absolute Gasteiger partial charge is 0.407 e. The van der Waals surface area contributed by atoms with Gasteiger partial charge in [0.1, 0.15) is 12.2 Å². The fourth-order valence-electron chi connectivity index (χ4n) is 1.21. The van der Waals surface area contributed by atoms with Gasteiger partial charge in [-0.1, -0.05) is 0 Å². The van der Waals surface area contributed by atoms with Crippen LogP contribution >= 0.6 is 0 Å². The Morgan fingerprint density at radius 3 is 3.11 bits per heavy atom. The lowest BCUT2D eigenvalue weighted by Crippen LogP contribution is -2.36. The molecule has 0 saturated carbocycles. The van der Waals surface area contributed by atoms with E-state index in [-0.39, 0.29) is 25.8 Å². The summed E-state index contributed by atoms with van der Waals surface area (Å²) in [7, 11) is 0. The number of ether oxygens (including phenoxy) is 1. The van der Waals surface area contributed by atoms with Gasteiger partial charge in [0.05, 0.1) is 0 Å². The Labute approximate surface area is 103 Å².